The summed E-state index contributed by atoms with van der Waals surface area (Å²) in [6.07, 6.45) is 0. The first-order chi connectivity index (χ1) is 26.2. The second-order valence-electron chi connectivity index (χ2n) is 13.6. The molecular formula is C50H31N3. The summed E-state index contributed by atoms with van der Waals surface area (Å²) in [5.41, 5.74) is 14.5. The smallest absolute Gasteiger partial charge is 0.0998 e. The second kappa shape index (κ2) is 12.3. The lowest BCUT2D eigenvalue weighted by Gasteiger charge is -2.34. The van der Waals surface area contributed by atoms with Crippen LogP contribution >= 0.6 is 0 Å². The molecule has 0 bridgehead atoms. The summed E-state index contributed by atoms with van der Waals surface area (Å²) in [5.74, 6) is 0. The van der Waals surface area contributed by atoms with E-state index in [2.05, 4.69) is 158 Å². The summed E-state index contributed by atoms with van der Waals surface area (Å²) in [6.45, 7) is 0. The normalized spacial score (nSPS) is 12.7. The van der Waals surface area contributed by atoms with Gasteiger partial charge in [-0.25, -0.2) is 9.97 Å². The molecule has 1 aliphatic carbocycles. The Morgan fingerprint density at radius 1 is 0.396 bits per heavy atom. The standard InChI is InChI=1S/C50H31N3/c51-32-36-16-10-11-21-39(36)41-30-42-40-22-12-13-23-44(40)50(37-17-6-2-7-18-37,38-19-8-3-9-20-38)45(42)31-43(41)47-29-27-35-25-24-34-26-28-46(33-14-4-1-5-15-33)52-48(34)49(35)53-47/h1-31H. The third-order valence-electron chi connectivity index (χ3n) is 10.8. The quantitative estimate of drug-likeness (QED) is 0.171. The lowest BCUT2D eigenvalue weighted by molar-refractivity contribution is 0.769. The molecule has 3 heteroatoms. The molecule has 9 aromatic rings. The molecule has 3 nitrogen and oxygen atoms in total. The van der Waals surface area contributed by atoms with Crippen LogP contribution in [0.2, 0.25) is 0 Å². The summed E-state index contributed by atoms with van der Waals surface area (Å²) < 4.78 is 0. The van der Waals surface area contributed by atoms with Crippen LogP contribution in [0.1, 0.15) is 27.8 Å². The van der Waals surface area contributed by atoms with Crippen LogP contribution in [-0.4, -0.2) is 9.97 Å². The van der Waals surface area contributed by atoms with Gasteiger partial charge in [-0.1, -0.05) is 158 Å². The maximum absolute atomic E-state index is 10.4. The van der Waals surface area contributed by atoms with Crippen LogP contribution in [-0.2, 0) is 5.41 Å². The molecule has 2 heterocycles. The monoisotopic (exact) mass is 673 g/mol. The summed E-state index contributed by atoms with van der Waals surface area (Å²) >= 11 is 0. The number of rotatable bonds is 5. The lowest BCUT2D eigenvalue weighted by Crippen LogP contribution is -2.28. The maximum Gasteiger partial charge on any atom is 0.0998 e. The average molecular weight is 674 g/mol. The molecule has 0 saturated heterocycles. The Morgan fingerprint density at radius 3 is 1.58 bits per heavy atom. The zero-order valence-corrected chi connectivity index (χ0v) is 28.7. The molecule has 1 aliphatic rings. The van der Waals surface area contributed by atoms with Crippen molar-refractivity contribution in [2.24, 2.45) is 0 Å². The number of fused-ring (bicyclic) bond motifs is 6. The van der Waals surface area contributed by atoms with Gasteiger partial charge in [-0.15, -0.1) is 0 Å². The van der Waals surface area contributed by atoms with E-state index in [1.54, 1.807) is 0 Å². The van der Waals surface area contributed by atoms with Gasteiger partial charge in [0.1, 0.15) is 0 Å². The van der Waals surface area contributed by atoms with Gasteiger partial charge in [0.25, 0.3) is 0 Å². The van der Waals surface area contributed by atoms with Crippen molar-refractivity contribution >= 4 is 21.8 Å². The van der Waals surface area contributed by atoms with E-state index in [1.807, 2.05) is 36.4 Å². The Hall–Kier alpha value is -7.15. The topological polar surface area (TPSA) is 49.6 Å². The van der Waals surface area contributed by atoms with Gasteiger partial charge in [0, 0.05) is 27.5 Å². The van der Waals surface area contributed by atoms with E-state index >= 15 is 0 Å². The number of hydrogen-bond donors (Lipinski definition) is 0. The summed E-state index contributed by atoms with van der Waals surface area (Å²) in [4.78, 5) is 10.7. The molecule has 0 saturated carbocycles. The van der Waals surface area contributed by atoms with Crippen molar-refractivity contribution < 1.29 is 0 Å². The fourth-order valence-electron chi connectivity index (χ4n) is 8.43. The molecule has 53 heavy (non-hydrogen) atoms. The highest BCUT2D eigenvalue weighted by Crippen LogP contribution is 2.58. The Kier molecular flexibility index (Phi) is 7.09. The van der Waals surface area contributed by atoms with E-state index in [1.165, 1.54) is 27.8 Å². The van der Waals surface area contributed by atoms with Crippen molar-refractivity contribution in [2.45, 2.75) is 5.41 Å². The largest absolute Gasteiger partial charge is 0.245 e. The van der Waals surface area contributed by atoms with E-state index in [0.717, 1.165) is 61.0 Å². The summed E-state index contributed by atoms with van der Waals surface area (Å²) in [5, 5.41) is 12.4. The van der Waals surface area contributed by atoms with E-state index in [4.69, 9.17) is 9.97 Å². The van der Waals surface area contributed by atoms with Gasteiger partial charge < -0.3 is 0 Å². The first-order valence-electron chi connectivity index (χ1n) is 17.9. The number of aromatic nitrogens is 2. The minimum absolute atomic E-state index is 0.577. The van der Waals surface area contributed by atoms with Gasteiger partial charge in [0.15, 0.2) is 0 Å². The molecule has 246 valence electrons. The molecule has 7 aromatic carbocycles. The SMILES string of the molecule is N#Cc1ccccc1-c1cc2c(cc1-c1ccc3ccc4ccc(-c5ccccc5)nc4c3n1)C(c1ccccc1)(c1ccccc1)c1ccccc1-2. The fourth-order valence-corrected chi connectivity index (χ4v) is 8.43. The van der Waals surface area contributed by atoms with Crippen molar-refractivity contribution in [1.29, 1.82) is 5.26 Å². The second-order valence-corrected chi connectivity index (χ2v) is 13.6. The van der Waals surface area contributed by atoms with Crippen molar-refractivity contribution in [3.8, 4) is 50.8 Å². The van der Waals surface area contributed by atoms with Crippen LogP contribution in [0.15, 0.2) is 188 Å². The van der Waals surface area contributed by atoms with Crippen LogP contribution in [0, 0.1) is 11.3 Å². The molecule has 0 aliphatic heterocycles. The van der Waals surface area contributed by atoms with Crippen LogP contribution in [0.3, 0.4) is 0 Å². The number of nitrogens with zero attached hydrogens (tertiary/aromatic N) is 3. The lowest BCUT2D eigenvalue weighted by atomic mass is 9.67. The highest BCUT2D eigenvalue weighted by Gasteiger charge is 2.46. The molecular weight excluding hydrogens is 643 g/mol. The molecule has 10 rings (SSSR count). The van der Waals surface area contributed by atoms with E-state index in [-0.39, 0.29) is 0 Å². The molecule has 0 radical (unpaired) electrons. The molecule has 2 aromatic heterocycles. The van der Waals surface area contributed by atoms with Gasteiger partial charge in [0.2, 0.25) is 0 Å². The van der Waals surface area contributed by atoms with Gasteiger partial charge in [-0.05, 0) is 69.3 Å². The zero-order valence-electron chi connectivity index (χ0n) is 28.7. The number of benzene rings is 7. The van der Waals surface area contributed by atoms with Crippen LogP contribution < -0.4 is 0 Å². The van der Waals surface area contributed by atoms with Gasteiger partial charge in [-0.2, -0.15) is 5.26 Å². The van der Waals surface area contributed by atoms with Gasteiger partial charge >= 0.3 is 0 Å². The first kappa shape index (κ1) is 30.7. The van der Waals surface area contributed by atoms with Gasteiger partial charge in [0.05, 0.1) is 39.5 Å². The molecule has 0 fully saturated rings. The number of hydrogen-bond acceptors (Lipinski definition) is 3. The average Bonchev–Trinajstić information content (AvgIpc) is 3.53. The minimum Gasteiger partial charge on any atom is -0.245 e. The molecule has 0 atom stereocenters. The fraction of sp³-hybridized carbons (Fsp3) is 0.0200. The Morgan fingerprint density at radius 2 is 0.925 bits per heavy atom. The molecule has 0 spiro atoms. The Labute approximate surface area is 308 Å². The van der Waals surface area contributed by atoms with E-state index in [9.17, 15) is 5.26 Å². The summed E-state index contributed by atoms with van der Waals surface area (Å²) in [6, 6.07) is 68.4. The zero-order chi connectivity index (χ0) is 35.4. The van der Waals surface area contributed by atoms with Crippen molar-refractivity contribution in [2.75, 3.05) is 0 Å². The molecule has 0 unspecified atom stereocenters. The van der Waals surface area contributed by atoms with Crippen molar-refractivity contribution in [3.63, 3.8) is 0 Å². The van der Waals surface area contributed by atoms with Crippen LogP contribution in [0.5, 0.6) is 0 Å². The Bertz CT molecular complexity index is 2850. The van der Waals surface area contributed by atoms with E-state index in [0.29, 0.717) is 5.56 Å². The van der Waals surface area contributed by atoms with Gasteiger partial charge in [-0.3, -0.25) is 0 Å². The van der Waals surface area contributed by atoms with E-state index < -0.39 is 5.41 Å². The highest BCUT2D eigenvalue weighted by molar-refractivity contribution is 6.05. The summed E-state index contributed by atoms with van der Waals surface area (Å²) in [7, 11) is 0. The minimum atomic E-state index is -0.577. The van der Waals surface area contributed by atoms with Crippen molar-refractivity contribution in [3.05, 3.63) is 216 Å². The number of pyridine rings is 2. The molecule has 0 amide bonds. The third kappa shape index (κ3) is 4.74. The third-order valence-corrected chi connectivity index (χ3v) is 10.8. The Balaban J connectivity index is 1.31. The molecule has 0 N–H and O–H groups in total. The van der Waals surface area contributed by atoms with Crippen molar-refractivity contribution in [1.82, 2.24) is 9.97 Å². The first-order valence-corrected chi connectivity index (χ1v) is 17.9. The van der Waals surface area contributed by atoms with Crippen LogP contribution in [0.4, 0.5) is 0 Å². The predicted molar refractivity (Wildman–Crippen MR) is 215 cm³/mol. The predicted octanol–water partition coefficient (Wildman–Crippen LogP) is 12.0. The number of nitriles is 1. The van der Waals surface area contributed by atoms with Crippen LogP contribution in [0.25, 0.3) is 66.6 Å². The maximum atomic E-state index is 10.4. The highest BCUT2D eigenvalue weighted by atomic mass is 14.8.